The molecule has 0 aliphatic carbocycles. The number of benzene rings is 1. The molecule has 1 nitrogen and oxygen atoms in total. The molecule has 0 saturated heterocycles. The van der Waals surface area contributed by atoms with Gasteiger partial charge in [0, 0.05) is 14.9 Å². The lowest BCUT2D eigenvalue weighted by Crippen LogP contribution is -1.87. The van der Waals surface area contributed by atoms with Crippen molar-refractivity contribution in [2.24, 2.45) is 0 Å². The van der Waals surface area contributed by atoms with Crippen LogP contribution < -0.4 is 5.73 Å². The van der Waals surface area contributed by atoms with Gasteiger partial charge in [0.05, 0.1) is 9.47 Å². The topological polar surface area (TPSA) is 26.0 Å². The van der Waals surface area contributed by atoms with Crippen LogP contribution in [0.15, 0.2) is 32.5 Å². The van der Waals surface area contributed by atoms with Crippen LogP contribution in [0.25, 0.3) is 11.1 Å². The van der Waals surface area contributed by atoms with Gasteiger partial charge in [-0.1, -0.05) is 28.1 Å². The molecule has 2 rings (SSSR count). The molecule has 0 amide bonds. The maximum Gasteiger partial charge on any atom is 0.0936 e. The van der Waals surface area contributed by atoms with Crippen LogP contribution in [0.1, 0.15) is 4.88 Å². The summed E-state index contributed by atoms with van der Waals surface area (Å²) < 4.78 is 2.09. The van der Waals surface area contributed by atoms with Gasteiger partial charge in [0.2, 0.25) is 0 Å². The molecule has 0 saturated carbocycles. The summed E-state index contributed by atoms with van der Waals surface area (Å²) in [6, 6.07) is 8.20. The van der Waals surface area contributed by atoms with Gasteiger partial charge in [-0.25, -0.2) is 0 Å². The lowest BCUT2D eigenvalue weighted by Gasteiger charge is -2.02. The van der Waals surface area contributed by atoms with E-state index < -0.39 is 0 Å². The van der Waals surface area contributed by atoms with Gasteiger partial charge in [-0.15, -0.1) is 11.3 Å². The highest BCUT2D eigenvalue weighted by Gasteiger charge is 2.12. The zero-order valence-electron chi connectivity index (χ0n) is 8.05. The van der Waals surface area contributed by atoms with Crippen LogP contribution in [0, 0.1) is 6.92 Å². The second-order valence-electron chi connectivity index (χ2n) is 3.23. The molecular formula is C11H9Br2NS. The number of rotatable bonds is 1. The second kappa shape index (κ2) is 4.28. The summed E-state index contributed by atoms with van der Waals surface area (Å²) in [5.41, 5.74) is 9.16. The average molecular weight is 347 g/mol. The Balaban J connectivity index is 2.58. The largest absolute Gasteiger partial charge is 0.397 e. The van der Waals surface area contributed by atoms with Crippen molar-refractivity contribution in [2.75, 3.05) is 5.73 Å². The molecule has 0 unspecified atom stereocenters. The number of thiophene rings is 1. The molecule has 0 fully saturated rings. The lowest BCUT2D eigenvalue weighted by atomic mass is 10.1. The van der Waals surface area contributed by atoms with Crippen LogP contribution in [0.5, 0.6) is 0 Å². The first-order chi connectivity index (χ1) is 7.09. The Bertz CT molecular complexity index is 488. The Morgan fingerprint density at radius 1 is 1.13 bits per heavy atom. The highest BCUT2D eigenvalue weighted by molar-refractivity contribution is 9.11. The quantitative estimate of drug-likeness (QED) is 0.786. The maximum atomic E-state index is 6.03. The van der Waals surface area contributed by atoms with Crippen LogP contribution in [-0.4, -0.2) is 0 Å². The van der Waals surface area contributed by atoms with Crippen molar-refractivity contribution in [3.63, 3.8) is 0 Å². The van der Waals surface area contributed by atoms with Crippen molar-refractivity contribution >= 4 is 48.9 Å². The molecule has 0 bridgehead atoms. The van der Waals surface area contributed by atoms with E-state index in [-0.39, 0.29) is 0 Å². The second-order valence-corrected chi connectivity index (χ2v) is 6.69. The third-order valence-electron chi connectivity index (χ3n) is 2.21. The van der Waals surface area contributed by atoms with Gasteiger partial charge < -0.3 is 5.73 Å². The molecule has 2 aromatic rings. The van der Waals surface area contributed by atoms with Gasteiger partial charge in [-0.2, -0.15) is 0 Å². The fourth-order valence-corrected chi connectivity index (χ4v) is 3.51. The lowest BCUT2D eigenvalue weighted by molar-refractivity contribution is 1.56. The summed E-state index contributed by atoms with van der Waals surface area (Å²) in [5, 5.41) is 0. The van der Waals surface area contributed by atoms with Gasteiger partial charge >= 0.3 is 0 Å². The Morgan fingerprint density at radius 3 is 2.20 bits per heavy atom. The number of aryl methyl sites for hydroxylation is 1. The first kappa shape index (κ1) is 11.2. The molecule has 0 radical (unpaired) electrons. The number of hydrogen-bond acceptors (Lipinski definition) is 2. The van der Waals surface area contributed by atoms with Crippen LogP contribution in [-0.2, 0) is 0 Å². The Morgan fingerprint density at radius 2 is 1.73 bits per heavy atom. The van der Waals surface area contributed by atoms with Crippen molar-refractivity contribution in [1.82, 2.24) is 0 Å². The normalized spacial score (nSPS) is 10.6. The van der Waals surface area contributed by atoms with Crippen molar-refractivity contribution in [2.45, 2.75) is 6.92 Å². The zero-order valence-corrected chi connectivity index (χ0v) is 12.0. The van der Waals surface area contributed by atoms with E-state index in [1.54, 1.807) is 11.3 Å². The summed E-state index contributed by atoms with van der Waals surface area (Å²) in [5.74, 6) is 0. The Labute approximate surface area is 110 Å². The van der Waals surface area contributed by atoms with Gasteiger partial charge in [-0.3, -0.25) is 0 Å². The molecule has 1 aromatic carbocycles. The molecule has 4 heteroatoms. The predicted octanol–water partition coefficient (Wildman–Crippen LogP) is 4.83. The summed E-state index contributed by atoms with van der Waals surface area (Å²) >= 11 is 8.56. The van der Waals surface area contributed by atoms with E-state index in [4.69, 9.17) is 5.73 Å². The van der Waals surface area contributed by atoms with E-state index >= 15 is 0 Å². The molecule has 0 aliphatic heterocycles. The van der Waals surface area contributed by atoms with Gasteiger partial charge in [-0.05, 0) is 40.5 Å². The van der Waals surface area contributed by atoms with Crippen LogP contribution in [0.4, 0.5) is 5.69 Å². The molecule has 78 valence electrons. The molecular weight excluding hydrogens is 338 g/mol. The third-order valence-corrected chi connectivity index (χ3v) is 4.56. The van der Waals surface area contributed by atoms with E-state index in [9.17, 15) is 0 Å². The van der Waals surface area contributed by atoms with Gasteiger partial charge in [0.1, 0.15) is 0 Å². The first-order valence-electron chi connectivity index (χ1n) is 4.40. The smallest absolute Gasteiger partial charge is 0.0936 e. The minimum absolute atomic E-state index is 0.833. The van der Waals surface area contributed by atoms with E-state index in [2.05, 4.69) is 50.9 Å². The molecule has 2 N–H and O–H groups in total. The van der Waals surface area contributed by atoms with Crippen LogP contribution in [0.3, 0.4) is 0 Å². The number of halogens is 2. The number of anilines is 1. The maximum absolute atomic E-state index is 6.03. The van der Waals surface area contributed by atoms with Gasteiger partial charge in [0.25, 0.3) is 0 Å². The zero-order chi connectivity index (χ0) is 11.0. The number of nitrogen functional groups attached to an aromatic ring is 1. The molecule has 15 heavy (non-hydrogen) atoms. The molecule has 1 aromatic heterocycles. The summed E-state index contributed by atoms with van der Waals surface area (Å²) in [7, 11) is 0. The number of nitrogens with two attached hydrogens (primary N) is 1. The monoisotopic (exact) mass is 345 g/mol. The fraction of sp³-hybridized carbons (Fsp3) is 0.0909. The SMILES string of the molecule is Cc1sc(Br)c(N)c1-c1ccc(Br)cc1. The summed E-state index contributed by atoms with van der Waals surface area (Å²) in [4.78, 5) is 1.24. The van der Waals surface area contributed by atoms with Crippen molar-refractivity contribution in [1.29, 1.82) is 0 Å². The van der Waals surface area contributed by atoms with Crippen molar-refractivity contribution in [3.05, 3.63) is 37.4 Å². The standard InChI is InChI=1S/C11H9Br2NS/c1-6-9(10(14)11(13)15-6)7-2-4-8(12)5-3-7/h2-5H,14H2,1H3. The average Bonchev–Trinajstić information content (AvgIpc) is 2.44. The van der Waals surface area contributed by atoms with Crippen molar-refractivity contribution in [3.8, 4) is 11.1 Å². The van der Waals surface area contributed by atoms with E-state index in [0.717, 1.165) is 25.1 Å². The Kier molecular flexibility index (Phi) is 3.19. The minimum atomic E-state index is 0.833. The Hall–Kier alpha value is -0.320. The fourth-order valence-electron chi connectivity index (χ4n) is 1.50. The van der Waals surface area contributed by atoms with E-state index in [0.29, 0.717) is 0 Å². The molecule has 1 heterocycles. The van der Waals surface area contributed by atoms with Crippen LogP contribution in [0.2, 0.25) is 0 Å². The van der Waals surface area contributed by atoms with Crippen molar-refractivity contribution < 1.29 is 0 Å². The highest BCUT2D eigenvalue weighted by Crippen LogP contribution is 2.41. The number of hydrogen-bond donors (Lipinski definition) is 1. The van der Waals surface area contributed by atoms with E-state index in [1.165, 1.54) is 4.88 Å². The predicted molar refractivity (Wildman–Crippen MR) is 74.3 cm³/mol. The van der Waals surface area contributed by atoms with Crippen LogP contribution >= 0.6 is 43.2 Å². The summed E-state index contributed by atoms with van der Waals surface area (Å²) in [6.45, 7) is 2.09. The highest BCUT2D eigenvalue weighted by atomic mass is 79.9. The van der Waals surface area contributed by atoms with Gasteiger partial charge in [0.15, 0.2) is 0 Å². The third kappa shape index (κ3) is 2.12. The molecule has 0 atom stereocenters. The minimum Gasteiger partial charge on any atom is -0.397 e. The molecule has 0 aliphatic rings. The summed E-state index contributed by atoms with van der Waals surface area (Å²) in [6.07, 6.45) is 0. The molecule has 0 spiro atoms. The van der Waals surface area contributed by atoms with E-state index in [1.807, 2.05) is 12.1 Å². The first-order valence-corrected chi connectivity index (χ1v) is 6.80.